The van der Waals surface area contributed by atoms with Crippen molar-refractivity contribution in [2.24, 2.45) is 11.8 Å². The SMILES string of the molecule is CC1SCCN(C(=O)C2CCC2C(=O)O)C1c1ccccc1. The summed E-state index contributed by atoms with van der Waals surface area (Å²) in [4.78, 5) is 26.0. The minimum atomic E-state index is -0.833. The van der Waals surface area contributed by atoms with Gasteiger partial charge in [0.15, 0.2) is 0 Å². The molecule has 4 unspecified atom stereocenters. The maximum Gasteiger partial charge on any atom is 0.307 e. The Morgan fingerprint density at radius 2 is 1.86 bits per heavy atom. The fourth-order valence-electron chi connectivity index (χ4n) is 3.47. The van der Waals surface area contributed by atoms with Gasteiger partial charge < -0.3 is 10.0 Å². The van der Waals surface area contributed by atoms with Crippen molar-refractivity contribution >= 4 is 23.6 Å². The van der Waals surface area contributed by atoms with Gasteiger partial charge in [-0.15, -0.1) is 0 Å². The number of thioether (sulfide) groups is 1. The van der Waals surface area contributed by atoms with E-state index in [1.165, 1.54) is 0 Å². The monoisotopic (exact) mass is 319 g/mol. The summed E-state index contributed by atoms with van der Waals surface area (Å²) in [5.74, 6) is -0.714. The van der Waals surface area contributed by atoms with Crippen LogP contribution in [-0.4, -0.2) is 39.4 Å². The Hall–Kier alpha value is -1.49. The van der Waals surface area contributed by atoms with Crippen LogP contribution in [0.4, 0.5) is 0 Å². The van der Waals surface area contributed by atoms with Gasteiger partial charge in [-0.05, 0) is 18.4 Å². The van der Waals surface area contributed by atoms with E-state index in [-0.39, 0.29) is 17.9 Å². The Bertz CT molecular complexity index is 562. The molecule has 1 aromatic carbocycles. The van der Waals surface area contributed by atoms with E-state index in [9.17, 15) is 14.7 Å². The predicted octanol–water partition coefficient (Wildman–Crippen LogP) is 2.80. The Morgan fingerprint density at radius 1 is 1.18 bits per heavy atom. The maximum absolute atomic E-state index is 12.9. The summed E-state index contributed by atoms with van der Waals surface area (Å²) in [6, 6.07) is 10.1. The quantitative estimate of drug-likeness (QED) is 0.931. The molecule has 0 aromatic heterocycles. The van der Waals surface area contributed by atoms with Crippen LogP contribution >= 0.6 is 11.8 Å². The van der Waals surface area contributed by atoms with Crippen LogP contribution in [0.5, 0.6) is 0 Å². The molecule has 4 atom stereocenters. The minimum absolute atomic E-state index is 0.0275. The summed E-state index contributed by atoms with van der Waals surface area (Å²) < 4.78 is 0. The van der Waals surface area contributed by atoms with Crippen LogP contribution < -0.4 is 0 Å². The van der Waals surface area contributed by atoms with Crippen LogP contribution in [0.2, 0.25) is 0 Å². The first-order valence-corrected chi connectivity index (χ1v) is 8.84. The van der Waals surface area contributed by atoms with Crippen molar-refractivity contribution in [1.82, 2.24) is 4.90 Å². The van der Waals surface area contributed by atoms with E-state index in [1.807, 2.05) is 34.9 Å². The number of hydrogen-bond donors (Lipinski definition) is 1. The van der Waals surface area contributed by atoms with Gasteiger partial charge in [-0.25, -0.2) is 0 Å². The molecule has 2 aliphatic rings. The molecule has 1 aliphatic carbocycles. The standard InChI is InChI=1S/C17H21NO3S/c1-11-15(12-5-3-2-4-6-12)18(9-10-22-11)16(19)13-7-8-14(13)17(20)21/h2-6,11,13-15H,7-10H2,1H3,(H,20,21). The summed E-state index contributed by atoms with van der Waals surface area (Å²) >= 11 is 1.88. The van der Waals surface area contributed by atoms with E-state index in [0.29, 0.717) is 24.6 Å². The molecule has 1 saturated carbocycles. The van der Waals surface area contributed by atoms with Gasteiger partial charge in [0, 0.05) is 17.5 Å². The normalized spacial score (nSPS) is 31.4. The van der Waals surface area contributed by atoms with Gasteiger partial charge in [-0.2, -0.15) is 11.8 Å². The molecular formula is C17H21NO3S. The summed E-state index contributed by atoms with van der Waals surface area (Å²) in [5.41, 5.74) is 1.14. The Labute approximate surface area is 134 Å². The number of hydrogen-bond acceptors (Lipinski definition) is 3. The first-order valence-electron chi connectivity index (χ1n) is 7.79. The van der Waals surface area contributed by atoms with Gasteiger partial charge in [0.1, 0.15) is 0 Å². The zero-order valence-corrected chi connectivity index (χ0v) is 13.5. The molecule has 1 aromatic rings. The maximum atomic E-state index is 12.9. The van der Waals surface area contributed by atoms with E-state index in [2.05, 4.69) is 19.1 Å². The molecule has 1 N–H and O–H groups in total. The van der Waals surface area contributed by atoms with Gasteiger partial charge in [0.25, 0.3) is 0 Å². The van der Waals surface area contributed by atoms with Gasteiger partial charge in [0.2, 0.25) is 5.91 Å². The molecule has 0 spiro atoms. The van der Waals surface area contributed by atoms with Gasteiger partial charge in [-0.3, -0.25) is 9.59 Å². The van der Waals surface area contributed by atoms with Gasteiger partial charge in [-0.1, -0.05) is 37.3 Å². The van der Waals surface area contributed by atoms with E-state index < -0.39 is 11.9 Å². The van der Waals surface area contributed by atoms with Crippen LogP contribution in [0.15, 0.2) is 30.3 Å². The fourth-order valence-corrected chi connectivity index (χ4v) is 4.63. The highest BCUT2D eigenvalue weighted by molar-refractivity contribution is 8.00. The van der Waals surface area contributed by atoms with Crippen molar-refractivity contribution in [3.63, 3.8) is 0 Å². The summed E-state index contributed by atoms with van der Waals surface area (Å²) in [6.45, 7) is 2.85. The van der Waals surface area contributed by atoms with Crippen LogP contribution in [0.3, 0.4) is 0 Å². The second kappa shape index (κ2) is 6.32. The molecule has 5 heteroatoms. The molecule has 4 nitrogen and oxygen atoms in total. The molecule has 0 bridgehead atoms. The number of benzene rings is 1. The average Bonchev–Trinajstić information content (AvgIpc) is 2.46. The van der Waals surface area contributed by atoms with Gasteiger partial charge >= 0.3 is 5.97 Å². The van der Waals surface area contributed by atoms with Crippen LogP contribution in [0, 0.1) is 11.8 Å². The lowest BCUT2D eigenvalue weighted by Crippen LogP contribution is -2.51. The number of aliphatic carboxylic acids is 1. The average molecular weight is 319 g/mol. The molecule has 22 heavy (non-hydrogen) atoms. The van der Waals surface area contributed by atoms with Gasteiger partial charge in [0.05, 0.1) is 17.9 Å². The minimum Gasteiger partial charge on any atom is -0.481 e. The van der Waals surface area contributed by atoms with Crippen molar-refractivity contribution in [2.45, 2.75) is 31.1 Å². The summed E-state index contributed by atoms with van der Waals surface area (Å²) in [7, 11) is 0. The van der Waals surface area contributed by atoms with Crippen LogP contribution in [0.1, 0.15) is 31.4 Å². The van der Waals surface area contributed by atoms with Crippen LogP contribution in [-0.2, 0) is 9.59 Å². The van der Waals surface area contributed by atoms with Crippen molar-refractivity contribution in [2.75, 3.05) is 12.3 Å². The van der Waals surface area contributed by atoms with Crippen molar-refractivity contribution in [3.8, 4) is 0 Å². The largest absolute Gasteiger partial charge is 0.481 e. The lowest BCUT2D eigenvalue weighted by molar-refractivity contribution is -0.157. The second-order valence-electron chi connectivity index (χ2n) is 6.09. The lowest BCUT2D eigenvalue weighted by Gasteiger charge is -2.44. The van der Waals surface area contributed by atoms with Crippen molar-refractivity contribution in [3.05, 3.63) is 35.9 Å². The third-order valence-corrected chi connectivity index (χ3v) is 6.03. The predicted molar refractivity (Wildman–Crippen MR) is 86.7 cm³/mol. The number of carbonyl (C=O) groups is 2. The first kappa shape index (κ1) is 15.4. The highest BCUT2D eigenvalue weighted by Gasteiger charge is 2.45. The number of amides is 1. The second-order valence-corrected chi connectivity index (χ2v) is 7.58. The Kier molecular flexibility index (Phi) is 4.43. The summed E-state index contributed by atoms with van der Waals surface area (Å²) in [6.07, 6.45) is 1.33. The Morgan fingerprint density at radius 3 is 2.45 bits per heavy atom. The number of carbonyl (C=O) groups excluding carboxylic acids is 1. The highest BCUT2D eigenvalue weighted by atomic mass is 32.2. The van der Waals surface area contributed by atoms with E-state index in [4.69, 9.17) is 0 Å². The van der Waals surface area contributed by atoms with E-state index in [0.717, 1.165) is 11.3 Å². The van der Waals surface area contributed by atoms with Crippen LogP contribution in [0.25, 0.3) is 0 Å². The highest BCUT2D eigenvalue weighted by Crippen LogP contribution is 2.41. The Balaban J connectivity index is 1.83. The third-order valence-electron chi connectivity index (χ3n) is 4.83. The molecule has 1 saturated heterocycles. The van der Waals surface area contributed by atoms with Crippen molar-refractivity contribution < 1.29 is 14.7 Å². The molecular weight excluding hydrogens is 298 g/mol. The molecule has 2 fully saturated rings. The zero-order valence-electron chi connectivity index (χ0n) is 12.6. The summed E-state index contributed by atoms with van der Waals surface area (Å²) in [5, 5.41) is 9.53. The number of rotatable bonds is 3. The number of carboxylic acids is 1. The molecule has 118 valence electrons. The van der Waals surface area contributed by atoms with E-state index >= 15 is 0 Å². The molecule has 1 heterocycles. The first-order chi connectivity index (χ1) is 10.6. The zero-order chi connectivity index (χ0) is 15.7. The molecule has 1 amide bonds. The molecule has 1 aliphatic heterocycles. The lowest BCUT2D eigenvalue weighted by atomic mass is 9.72. The third kappa shape index (κ3) is 2.74. The molecule has 3 rings (SSSR count). The number of nitrogens with zero attached hydrogens (tertiary/aromatic N) is 1. The molecule has 0 radical (unpaired) electrons. The fraction of sp³-hybridized carbons (Fsp3) is 0.529. The van der Waals surface area contributed by atoms with E-state index in [1.54, 1.807) is 0 Å². The smallest absolute Gasteiger partial charge is 0.307 e. The number of carboxylic acid groups (broad SMARTS) is 1. The van der Waals surface area contributed by atoms with Crippen molar-refractivity contribution in [1.29, 1.82) is 0 Å². The topological polar surface area (TPSA) is 57.6 Å².